The van der Waals surface area contributed by atoms with E-state index in [-0.39, 0.29) is 24.5 Å². The van der Waals surface area contributed by atoms with Gasteiger partial charge < -0.3 is 14.9 Å². The second kappa shape index (κ2) is 8.48. The summed E-state index contributed by atoms with van der Waals surface area (Å²) >= 11 is 0. The molecule has 2 aliphatic rings. The average molecular weight is 311 g/mol. The number of piperazine rings is 1. The second-order valence-corrected chi connectivity index (χ2v) is 6.37. The van der Waals surface area contributed by atoms with Crippen LogP contribution in [0.4, 0.5) is 0 Å². The van der Waals surface area contributed by atoms with Crippen molar-refractivity contribution in [3.8, 4) is 0 Å². The van der Waals surface area contributed by atoms with Crippen molar-refractivity contribution >= 4 is 11.8 Å². The maximum absolute atomic E-state index is 12.4. The number of carbonyl (C=O) groups is 2. The Morgan fingerprint density at radius 3 is 2.55 bits per heavy atom. The van der Waals surface area contributed by atoms with Gasteiger partial charge in [-0.15, -0.1) is 0 Å². The summed E-state index contributed by atoms with van der Waals surface area (Å²) in [6.07, 6.45) is 4.09. The molecule has 6 heteroatoms. The molecule has 22 heavy (non-hydrogen) atoms. The van der Waals surface area contributed by atoms with Crippen LogP contribution in [0, 0.1) is 0 Å². The number of carbonyl (C=O) groups excluding carboxylic acids is 2. The topological polar surface area (TPSA) is 64.1 Å². The van der Waals surface area contributed by atoms with Gasteiger partial charge in [0.1, 0.15) is 0 Å². The van der Waals surface area contributed by atoms with E-state index in [1.165, 1.54) is 0 Å². The molecular weight excluding hydrogens is 282 g/mol. The number of amides is 2. The number of nitrogens with zero attached hydrogens (tertiary/aromatic N) is 3. The first-order valence-electron chi connectivity index (χ1n) is 8.56. The van der Waals surface area contributed by atoms with Crippen LogP contribution >= 0.6 is 0 Å². The molecule has 1 N–H and O–H groups in total. The van der Waals surface area contributed by atoms with Crippen LogP contribution in [-0.4, -0.2) is 83.5 Å². The highest BCUT2D eigenvalue weighted by Gasteiger charge is 2.25. The zero-order valence-corrected chi connectivity index (χ0v) is 13.7. The van der Waals surface area contributed by atoms with Gasteiger partial charge in [0, 0.05) is 45.7 Å². The van der Waals surface area contributed by atoms with Crippen LogP contribution in [0.2, 0.25) is 0 Å². The highest BCUT2D eigenvalue weighted by molar-refractivity contribution is 5.85. The van der Waals surface area contributed by atoms with Crippen molar-refractivity contribution in [1.82, 2.24) is 14.7 Å². The van der Waals surface area contributed by atoms with Crippen LogP contribution in [0.15, 0.2) is 0 Å². The van der Waals surface area contributed by atoms with Crippen LogP contribution in [0.1, 0.15) is 39.0 Å². The summed E-state index contributed by atoms with van der Waals surface area (Å²) in [5.74, 6) is 0.182. The Labute approximate surface area is 133 Å². The minimum Gasteiger partial charge on any atom is -0.392 e. The summed E-state index contributed by atoms with van der Waals surface area (Å²) in [6.45, 7) is 6.59. The number of rotatable bonds is 5. The molecule has 0 bridgehead atoms. The summed E-state index contributed by atoms with van der Waals surface area (Å²) in [5, 5.41) is 9.69. The molecule has 2 rings (SSSR count). The van der Waals surface area contributed by atoms with E-state index in [1.54, 1.807) is 4.90 Å². The lowest BCUT2D eigenvalue weighted by atomic mass is 10.2. The van der Waals surface area contributed by atoms with Crippen LogP contribution in [0.5, 0.6) is 0 Å². The standard InChI is InChI=1S/C16H29N3O3/c1-2-14(20)12-17-8-10-18(11-9-17)16(22)13-19-7-5-3-4-6-15(19)21/h14,20H,2-13H2,1H3. The predicted molar refractivity (Wildman–Crippen MR) is 84.4 cm³/mol. The zero-order valence-electron chi connectivity index (χ0n) is 13.7. The van der Waals surface area contributed by atoms with Gasteiger partial charge in [-0.05, 0) is 19.3 Å². The fraction of sp³-hybridized carbons (Fsp3) is 0.875. The van der Waals surface area contributed by atoms with Crippen LogP contribution in [0.25, 0.3) is 0 Å². The third-order valence-corrected chi connectivity index (χ3v) is 4.66. The SMILES string of the molecule is CCC(O)CN1CCN(C(=O)CN2CCCCCC2=O)CC1. The number of hydrogen-bond acceptors (Lipinski definition) is 4. The predicted octanol–water partition coefficient (Wildman–Crippen LogP) is 0.304. The van der Waals surface area contributed by atoms with E-state index in [2.05, 4.69) is 4.90 Å². The summed E-state index contributed by atoms with van der Waals surface area (Å²) in [7, 11) is 0. The summed E-state index contributed by atoms with van der Waals surface area (Å²) in [5.41, 5.74) is 0. The van der Waals surface area contributed by atoms with Gasteiger partial charge in [-0.25, -0.2) is 0 Å². The van der Waals surface area contributed by atoms with Gasteiger partial charge in [-0.3, -0.25) is 14.5 Å². The maximum Gasteiger partial charge on any atom is 0.242 e. The molecule has 0 aromatic heterocycles. The lowest BCUT2D eigenvalue weighted by Gasteiger charge is -2.36. The molecule has 0 aliphatic carbocycles. The Morgan fingerprint density at radius 2 is 1.86 bits per heavy atom. The maximum atomic E-state index is 12.4. The summed E-state index contributed by atoms with van der Waals surface area (Å²) < 4.78 is 0. The molecule has 0 saturated carbocycles. The van der Waals surface area contributed by atoms with Crippen molar-refractivity contribution in [2.24, 2.45) is 0 Å². The van der Waals surface area contributed by atoms with Crippen molar-refractivity contribution < 1.29 is 14.7 Å². The van der Waals surface area contributed by atoms with Crippen molar-refractivity contribution in [3.63, 3.8) is 0 Å². The van der Waals surface area contributed by atoms with Gasteiger partial charge in [-0.1, -0.05) is 13.3 Å². The molecule has 126 valence electrons. The lowest BCUT2D eigenvalue weighted by molar-refractivity contribution is -0.141. The second-order valence-electron chi connectivity index (χ2n) is 6.37. The number of hydrogen-bond donors (Lipinski definition) is 1. The molecule has 2 aliphatic heterocycles. The first-order chi connectivity index (χ1) is 10.6. The average Bonchev–Trinajstić information content (AvgIpc) is 2.73. The zero-order chi connectivity index (χ0) is 15.9. The van der Waals surface area contributed by atoms with Crippen LogP contribution in [0.3, 0.4) is 0 Å². The van der Waals surface area contributed by atoms with Crippen LogP contribution < -0.4 is 0 Å². The monoisotopic (exact) mass is 311 g/mol. The first-order valence-corrected chi connectivity index (χ1v) is 8.56. The molecule has 0 aromatic rings. The third kappa shape index (κ3) is 4.95. The molecular formula is C16H29N3O3. The van der Waals surface area contributed by atoms with E-state index in [4.69, 9.17) is 0 Å². The largest absolute Gasteiger partial charge is 0.392 e. The Kier molecular flexibility index (Phi) is 6.64. The minimum atomic E-state index is -0.281. The molecule has 2 heterocycles. The highest BCUT2D eigenvalue weighted by Crippen LogP contribution is 2.12. The number of aliphatic hydroxyl groups excluding tert-OH is 1. The van der Waals surface area contributed by atoms with Crippen molar-refractivity contribution in [2.75, 3.05) is 45.8 Å². The number of aliphatic hydroxyl groups is 1. The number of β-amino-alcohol motifs (C(OH)–C–C–N with tert-alkyl or cyclic N) is 1. The summed E-state index contributed by atoms with van der Waals surface area (Å²) in [6, 6.07) is 0. The Bertz CT molecular complexity index is 381. The van der Waals surface area contributed by atoms with E-state index in [0.29, 0.717) is 32.6 Å². The fourth-order valence-electron chi connectivity index (χ4n) is 3.08. The molecule has 2 fully saturated rings. The first kappa shape index (κ1) is 17.2. The molecule has 0 aromatic carbocycles. The molecule has 2 saturated heterocycles. The van der Waals surface area contributed by atoms with Gasteiger partial charge in [0.05, 0.1) is 12.6 Å². The van der Waals surface area contributed by atoms with E-state index in [0.717, 1.165) is 38.8 Å². The smallest absolute Gasteiger partial charge is 0.242 e. The Hall–Kier alpha value is -1.14. The Morgan fingerprint density at radius 1 is 1.14 bits per heavy atom. The van der Waals surface area contributed by atoms with E-state index >= 15 is 0 Å². The molecule has 2 amide bonds. The molecule has 0 radical (unpaired) electrons. The number of likely N-dealkylation sites (tertiary alicyclic amines) is 1. The highest BCUT2D eigenvalue weighted by atomic mass is 16.3. The summed E-state index contributed by atoms with van der Waals surface area (Å²) in [4.78, 5) is 30.1. The molecule has 1 atom stereocenters. The molecule has 1 unspecified atom stereocenters. The lowest BCUT2D eigenvalue weighted by Crippen LogP contribution is -2.52. The third-order valence-electron chi connectivity index (χ3n) is 4.66. The van der Waals surface area contributed by atoms with Crippen molar-refractivity contribution in [1.29, 1.82) is 0 Å². The van der Waals surface area contributed by atoms with E-state index < -0.39 is 0 Å². The van der Waals surface area contributed by atoms with Crippen molar-refractivity contribution in [3.05, 3.63) is 0 Å². The fourth-order valence-corrected chi connectivity index (χ4v) is 3.08. The van der Waals surface area contributed by atoms with Crippen LogP contribution in [-0.2, 0) is 9.59 Å². The minimum absolute atomic E-state index is 0.0611. The van der Waals surface area contributed by atoms with Gasteiger partial charge in [-0.2, -0.15) is 0 Å². The quantitative estimate of drug-likeness (QED) is 0.793. The van der Waals surface area contributed by atoms with Gasteiger partial charge in [0.2, 0.25) is 11.8 Å². The molecule has 0 spiro atoms. The Balaban J connectivity index is 1.76. The van der Waals surface area contributed by atoms with E-state index in [1.807, 2.05) is 11.8 Å². The van der Waals surface area contributed by atoms with E-state index in [9.17, 15) is 14.7 Å². The van der Waals surface area contributed by atoms with Gasteiger partial charge in [0.15, 0.2) is 0 Å². The van der Waals surface area contributed by atoms with Gasteiger partial charge in [0.25, 0.3) is 0 Å². The van der Waals surface area contributed by atoms with Gasteiger partial charge >= 0.3 is 0 Å². The molecule has 6 nitrogen and oxygen atoms in total. The van der Waals surface area contributed by atoms with Crippen molar-refractivity contribution in [2.45, 2.75) is 45.1 Å². The normalized spacial score (nSPS) is 22.5.